The fraction of sp³-hybridized carbons (Fsp3) is 0.0909. The molecule has 2 aromatic rings. The molecule has 98 valence electrons. The molecule has 19 heavy (non-hydrogen) atoms. The van der Waals surface area contributed by atoms with Gasteiger partial charge in [0.2, 0.25) is 0 Å². The molecular formula is C11H9BrN4O3. The van der Waals surface area contributed by atoms with Gasteiger partial charge >= 0.3 is 0 Å². The summed E-state index contributed by atoms with van der Waals surface area (Å²) in [5.41, 5.74) is 5.77. The highest BCUT2D eigenvalue weighted by Crippen LogP contribution is 2.22. The summed E-state index contributed by atoms with van der Waals surface area (Å²) < 4.78 is 1.68. The number of anilines is 1. The van der Waals surface area contributed by atoms with E-state index in [4.69, 9.17) is 5.73 Å². The van der Waals surface area contributed by atoms with Gasteiger partial charge in [0, 0.05) is 12.3 Å². The van der Waals surface area contributed by atoms with Crippen molar-refractivity contribution in [2.75, 3.05) is 5.73 Å². The Kier molecular flexibility index (Phi) is 3.61. The summed E-state index contributed by atoms with van der Waals surface area (Å²) in [6.07, 6.45) is 2.76. The molecule has 0 radical (unpaired) electrons. The van der Waals surface area contributed by atoms with Crippen molar-refractivity contribution in [2.24, 2.45) is 0 Å². The van der Waals surface area contributed by atoms with E-state index in [0.29, 0.717) is 10.0 Å². The molecule has 0 aliphatic heterocycles. The van der Waals surface area contributed by atoms with Crippen molar-refractivity contribution in [1.82, 2.24) is 9.55 Å². The fourth-order valence-corrected chi connectivity index (χ4v) is 1.93. The molecule has 2 N–H and O–H groups in total. The van der Waals surface area contributed by atoms with Gasteiger partial charge in [-0.25, -0.2) is 4.98 Å². The minimum Gasteiger partial charge on any atom is -0.393 e. The van der Waals surface area contributed by atoms with Crippen molar-refractivity contribution in [3.63, 3.8) is 0 Å². The third kappa shape index (κ3) is 2.79. The first kappa shape index (κ1) is 13.2. The zero-order chi connectivity index (χ0) is 14.0. The predicted octanol–water partition coefficient (Wildman–Crippen LogP) is 1.54. The molecule has 2 rings (SSSR count). The average molecular weight is 325 g/mol. The van der Waals surface area contributed by atoms with Gasteiger partial charge in [0.05, 0.1) is 17.8 Å². The summed E-state index contributed by atoms with van der Waals surface area (Å²) in [6.45, 7) is 0.187. The highest BCUT2D eigenvalue weighted by molar-refractivity contribution is 9.10. The number of hydrogen-bond acceptors (Lipinski definition) is 5. The Morgan fingerprint density at radius 3 is 2.89 bits per heavy atom. The van der Waals surface area contributed by atoms with Crippen LogP contribution >= 0.6 is 15.9 Å². The van der Waals surface area contributed by atoms with Crippen LogP contribution in [0.3, 0.4) is 0 Å². The molecule has 0 amide bonds. The largest absolute Gasteiger partial charge is 0.393 e. The van der Waals surface area contributed by atoms with Crippen LogP contribution in [-0.2, 0) is 6.54 Å². The number of nitro groups is 1. The third-order valence-corrected chi connectivity index (χ3v) is 3.05. The Morgan fingerprint density at radius 1 is 1.47 bits per heavy atom. The maximum absolute atomic E-state index is 11.8. The number of aromatic nitrogens is 2. The van der Waals surface area contributed by atoms with Gasteiger partial charge in [0.1, 0.15) is 10.2 Å². The van der Waals surface area contributed by atoms with Gasteiger partial charge in [-0.3, -0.25) is 19.5 Å². The molecule has 1 aromatic carbocycles. The van der Waals surface area contributed by atoms with E-state index in [2.05, 4.69) is 20.9 Å². The van der Waals surface area contributed by atoms with E-state index in [0.717, 1.165) is 0 Å². The van der Waals surface area contributed by atoms with Crippen LogP contribution in [-0.4, -0.2) is 14.5 Å². The fourth-order valence-electron chi connectivity index (χ4n) is 1.58. The standard InChI is InChI=1S/C11H9BrN4O3/c12-8-4-14-6-15(11(8)17)5-7-1-2-9(13)10(3-7)16(18)19/h1-4,6H,5,13H2. The molecule has 1 heterocycles. The monoisotopic (exact) mass is 324 g/mol. The molecule has 0 saturated carbocycles. The first-order valence-corrected chi connectivity index (χ1v) is 6.01. The SMILES string of the molecule is Nc1ccc(Cn2cncc(Br)c2=O)cc1[N+](=O)[O-]. The molecule has 0 aliphatic carbocycles. The van der Waals surface area contributed by atoms with Crippen LogP contribution in [0.1, 0.15) is 5.56 Å². The normalized spacial score (nSPS) is 10.4. The average Bonchev–Trinajstić information content (AvgIpc) is 2.37. The lowest BCUT2D eigenvalue weighted by atomic mass is 10.1. The van der Waals surface area contributed by atoms with Gasteiger partial charge in [-0.05, 0) is 27.6 Å². The van der Waals surface area contributed by atoms with Crippen LogP contribution in [0.2, 0.25) is 0 Å². The third-order valence-electron chi connectivity index (χ3n) is 2.50. The van der Waals surface area contributed by atoms with Crippen molar-refractivity contribution >= 4 is 27.3 Å². The summed E-state index contributed by atoms with van der Waals surface area (Å²) in [4.78, 5) is 25.9. The molecule has 0 bridgehead atoms. The van der Waals surface area contributed by atoms with Gasteiger partial charge in [-0.2, -0.15) is 0 Å². The Morgan fingerprint density at radius 2 is 2.21 bits per heavy atom. The smallest absolute Gasteiger partial charge is 0.292 e. The lowest BCUT2D eigenvalue weighted by Crippen LogP contribution is -2.21. The van der Waals surface area contributed by atoms with Gasteiger partial charge in [-0.1, -0.05) is 6.07 Å². The molecule has 0 saturated heterocycles. The number of hydrogen-bond donors (Lipinski definition) is 1. The Balaban J connectivity index is 2.39. The number of rotatable bonds is 3. The molecule has 0 unspecified atom stereocenters. The minimum atomic E-state index is -0.555. The van der Waals surface area contributed by atoms with Crippen molar-refractivity contribution < 1.29 is 4.92 Å². The Hall–Kier alpha value is -2.22. The Labute approximate surface area is 116 Å². The molecule has 7 nitrogen and oxygen atoms in total. The van der Waals surface area contributed by atoms with E-state index in [1.54, 1.807) is 6.07 Å². The number of nitrogen functional groups attached to an aromatic ring is 1. The summed E-state index contributed by atoms with van der Waals surface area (Å²) in [5.74, 6) is 0. The zero-order valence-corrected chi connectivity index (χ0v) is 11.2. The predicted molar refractivity (Wildman–Crippen MR) is 72.8 cm³/mol. The second-order valence-electron chi connectivity index (χ2n) is 3.82. The van der Waals surface area contributed by atoms with Gasteiger partial charge in [0.25, 0.3) is 11.2 Å². The summed E-state index contributed by atoms with van der Waals surface area (Å²) in [7, 11) is 0. The van der Waals surface area contributed by atoms with Gasteiger partial charge in [-0.15, -0.1) is 0 Å². The second kappa shape index (κ2) is 5.19. The molecule has 0 fully saturated rings. The summed E-state index contributed by atoms with van der Waals surface area (Å²) >= 11 is 3.08. The summed E-state index contributed by atoms with van der Waals surface area (Å²) in [5, 5.41) is 10.8. The number of nitrogens with two attached hydrogens (primary N) is 1. The number of nitrogens with zero attached hydrogens (tertiary/aromatic N) is 3. The Bertz CT molecular complexity index is 699. The van der Waals surface area contributed by atoms with Crippen LogP contribution in [0, 0.1) is 10.1 Å². The lowest BCUT2D eigenvalue weighted by molar-refractivity contribution is -0.384. The van der Waals surface area contributed by atoms with E-state index < -0.39 is 4.92 Å². The zero-order valence-electron chi connectivity index (χ0n) is 9.62. The van der Waals surface area contributed by atoms with E-state index >= 15 is 0 Å². The summed E-state index contributed by atoms with van der Waals surface area (Å²) in [6, 6.07) is 4.43. The van der Waals surface area contributed by atoms with Crippen LogP contribution in [0.5, 0.6) is 0 Å². The highest BCUT2D eigenvalue weighted by Gasteiger charge is 2.12. The first-order chi connectivity index (χ1) is 8.99. The maximum Gasteiger partial charge on any atom is 0.292 e. The first-order valence-electron chi connectivity index (χ1n) is 5.22. The molecule has 8 heteroatoms. The number of benzene rings is 1. The van der Waals surface area contributed by atoms with E-state index in [1.165, 1.54) is 29.2 Å². The molecule has 0 spiro atoms. The van der Waals surface area contributed by atoms with E-state index in [-0.39, 0.29) is 23.5 Å². The molecule has 0 atom stereocenters. The second-order valence-corrected chi connectivity index (χ2v) is 4.68. The van der Waals surface area contributed by atoms with Crippen LogP contribution in [0.15, 0.2) is 40.0 Å². The van der Waals surface area contributed by atoms with Crippen LogP contribution in [0.25, 0.3) is 0 Å². The van der Waals surface area contributed by atoms with E-state index in [9.17, 15) is 14.9 Å². The maximum atomic E-state index is 11.8. The lowest BCUT2D eigenvalue weighted by Gasteiger charge is -2.06. The van der Waals surface area contributed by atoms with Gasteiger partial charge in [0.15, 0.2) is 0 Å². The quantitative estimate of drug-likeness (QED) is 0.524. The molecule has 1 aromatic heterocycles. The molecular weight excluding hydrogens is 316 g/mol. The van der Waals surface area contributed by atoms with Crippen molar-refractivity contribution in [3.05, 3.63) is 61.2 Å². The van der Waals surface area contributed by atoms with Crippen molar-refractivity contribution in [3.8, 4) is 0 Å². The van der Waals surface area contributed by atoms with E-state index in [1.807, 2.05) is 0 Å². The number of halogens is 1. The van der Waals surface area contributed by atoms with Crippen LogP contribution in [0.4, 0.5) is 11.4 Å². The minimum absolute atomic E-state index is 0.0912. The van der Waals surface area contributed by atoms with Crippen molar-refractivity contribution in [1.29, 1.82) is 0 Å². The van der Waals surface area contributed by atoms with Crippen molar-refractivity contribution in [2.45, 2.75) is 6.54 Å². The topological polar surface area (TPSA) is 104 Å². The van der Waals surface area contributed by atoms with Gasteiger partial charge < -0.3 is 5.73 Å². The number of nitro benzene ring substituents is 1. The molecule has 0 aliphatic rings. The van der Waals surface area contributed by atoms with Crippen LogP contribution < -0.4 is 11.3 Å². The highest BCUT2D eigenvalue weighted by atomic mass is 79.9.